The van der Waals surface area contributed by atoms with Gasteiger partial charge in [-0.3, -0.25) is 0 Å². The Bertz CT molecular complexity index is 717. The van der Waals surface area contributed by atoms with Crippen molar-refractivity contribution < 1.29 is 17.9 Å². The summed E-state index contributed by atoms with van der Waals surface area (Å²) in [5, 5.41) is 9.02. The van der Waals surface area contributed by atoms with Crippen LogP contribution in [-0.4, -0.2) is 13.5 Å². The molecule has 1 aromatic heterocycles. The molecule has 21 heavy (non-hydrogen) atoms. The number of nitrogens with one attached hydrogen (secondary N) is 1. The first-order chi connectivity index (χ1) is 9.83. The maximum atomic E-state index is 12.4. The van der Waals surface area contributed by atoms with E-state index in [1.807, 2.05) is 31.2 Å². The van der Waals surface area contributed by atoms with Crippen LogP contribution in [0.4, 0.5) is 0 Å². The molecule has 0 aliphatic rings. The molecule has 2 rings (SSSR count). The lowest BCUT2D eigenvalue weighted by molar-refractivity contribution is 0.244. The van der Waals surface area contributed by atoms with E-state index in [0.29, 0.717) is 0 Å². The molecule has 2 N–H and O–H groups in total. The summed E-state index contributed by atoms with van der Waals surface area (Å²) in [6, 6.07) is 8.65. The fourth-order valence-corrected chi connectivity index (χ4v) is 3.52. The van der Waals surface area contributed by atoms with Gasteiger partial charge in [-0.25, -0.2) is 13.1 Å². The number of benzene rings is 1. The molecule has 0 spiro atoms. The Morgan fingerprint density at radius 3 is 2.38 bits per heavy atom. The Morgan fingerprint density at radius 1 is 1.24 bits per heavy atom. The van der Waals surface area contributed by atoms with Crippen LogP contribution in [0.5, 0.6) is 0 Å². The van der Waals surface area contributed by atoms with Crippen molar-refractivity contribution in [1.82, 2.24) is 4.72 Å². The Kier molecular flexibility index (Phi) is 4.51. The highest BCUT2D eigenvalue weighted by molar-refractivity contribution is 7.89. The molecule has 0 saturated heterocycles. The third kappa shape index (κ3) is 3.53. The summed E-state index contributed by atoms with van der Waals surface area (Å²) < 4.78 is 32.6. The zero-order valence-electron chi connectivity index (χ0n) is 12.3. The number of hydrogen-bond donors (Lipinski definition) is 2. The summed E-state index contributed by atoms with van der Waals surface area (Å²) in [6.45, 7) is 4.99. The highest BCUT2D eigenvalue weighted by Crippen LogP contribution is 2.22. The van der Waals surface area contributed by atoms with Gasteiger partial charge < -0.3 is 9.52 Å². The predicted octanol–water partition coefficient (Wildman–Crippen LogP) is 2.43. The fourth-order valence-electron chi connectivity index (χ4n) is 2.09. The van der Waals surface area contributed by atoms with Gasteiger partial charge in [0.15, 0.2) is 0 Å². The number of aryl methyl sites for hydroxylation is 2. The average molecular weight is 309 g/mol. The number of sulfonamides is 1. The van der Waals surface area contributed by atoms with Crippen molar-refractivity contribution >= 4 is 10.0 Å². The topological polar surface area (TPSA) is 79.5 Å². The van der Waals surface area contributed by atoms with E-state index in [1.54, 1.807) is 13.8 Å². The van der Waals surface area contributed by atoms with Crippen LogP contribution >= 0.6 is 0 Å². The van der Waals surface area contributed by atoms with Crippen LogP contribution in [0.25, 0.3) is 0 Å². The van der Waals surface area contributed by atoms with Crippen molar-refractivity contribution in [2.45, 2.75) is 38.3 Å². The van der Waals surface area contributed by atoms with E-state index in [4.69, 9.17) is 9.52 Å². The fraction of sp³-hybridized carbons (Fsp3) is 0.333. The molecule has 5 nitrogen and oxygen atoms in total. The van der Waals surface area contributed by atoms with Gasteiger partial charge in [-0.05, 0) is 26.3 Å². The van der Waals surface area contributed by atoms with Crippen molar-refractivity contribution in [3.05, 3.63) is 53.0 Å². The van der Waals surface area contributed by atoms with Crippen LogP contribution in [0.15, 0.2) is 39.6 Å². The number of aliphatic hydroxyl groups excluding tert-OH is 1. The van der Waals surface area contributed by atoms with Gasteiger partial charge in [-0.15, -0.1) is 0 Å². The van der Waals surface area contributed by atoms with Crippen LogP contribution in [0.1, 0.15) is 35.6 Å². The molecule has 0 aliphatic carbocycles. The Hall–Kier alpha value is -1.63. The molecule has 1 unspecified atom stereocenters. The van der Waals surface area contributed by atoms with Gasteiger partial charge in [0.1, 0.15) is 23.0 Å². The Balaban J connectivity index is 2.24. The van der Waals surface area contributed by atoms with E-state index in [-0.39, 0.29) is 29.1 Å². The summed E-state index contributed by atoms with van der Waals surface area (Å²) in [5.41, 5.74) is 2.00. The normalized spacial score (nSPS) is 13.3. The molecule has 2 aromatic rings. The minimum atomic E-state index is -3.69. The summed E-state index contributed by atoms with van der Waals surface area (Å²) >= 11 is 0. The van der Waals surface area contributed by atoms with E-state index in [9.17, 15) is 8.42 Å². The van der Waals surface area contributed by atoms with Crippen molar-refractivity contribution in [2.75, 3.05) is 0 Å². The monoisotopic (exact) mass is 309 g/mol. The minimum Gasteiger partial charge on any atom is -0.462 e. The lowest BCUT2D eigenvalue weighted by atomic mass is 10.1. The molecule has 0 amide bonds. The number of rotatable bonds is 5. The second-order valence-corrected chi connectivity index (χ2v) is 6.73. The van der Waals surface area contributed by atoms with Crippen LogP contribution in [-0.2, 0) is 16.6 Å². The minimum absolute atomic E-state index is 0.0607. The molecule has 6 heteroatoms. The summed E-state index contributed by atoms with van der Waals surface area (Å²) in [6.07, 6.45) is 0. The van der Waals surface area contributed by atoms with Gasteiger partial charge in [0, 0.05) is 12.1 Å². The molecular formula is C15H19NO4S. The number of furan rings is 1. The number of aliphatic hydroxyl groups is 1. The van der Waals surface area contributed by atoms with Crippen LogP contribution in [0.2, 0.25) is 0 Å². The van der Waals surface area contributed by atoms with Gasteiger partial charge in [0.2, 0.25) is 10.0 Å². The summed E-state index contributed by atoms with van der Waals surface area (Å²) in [5.74, 6) is 0.499. The van der Waals surface area contributed by atoms with Crippen LogP contribution < -0.4 is 4.72 Å². The van der Waals surface area contributed by atoms with E-state index < -0.39 is 10.0 Å². The zero-order chi connectivity index (χ0) is 15.6. The second-order valence-electron chi connectivity index (χ2n) is 5.04. The quantitative estimate of drug-likeness (QED) is 0.889. The average Bonchev–Trinajstić information content (AvgIpc) is 2.81. The van der Waals surface area contributed by atoms with Crippen LogP contribution in [0, 0.1) is 13.8 Å². The molecule has 0 saturated carbocycles. The summed E-state index contributed by atoms with van der Waals surface area (Å²) in [4.78, 5) is 0.0607. The van der Waals surface area contributed by atoms with Gasteiger partial charge in [0.25, 0.3) is 0 Å². The standard InChI is InChI=1S/C15H19NO4S/c1-10-4-6-13(7-5-10)11(2)16-21(18,19)15-8-14(9-17)20-12(15)3/h4-8,11,16-17H,9H2,1-3H3. The molecule has 0 aliphatic heterocycles. The lowest BCUT2D eigenvalue weighted by Crippen LogP contribution is -2.27. The third-order valence-electron chi connectivity index (χ3n) is 3.28. The Labute approximate surface area is 124 Å². The van der Waals surface area contributed by atoms with Gasteiger partial charge in [-0.1, -0.05) is 29.8 Å². The first kappa shape index (κ1) is 15.8. The highest BCUT2D eigenvalue weighted by atomic mass is 32.2. The number of hydrogen-bond acceptors (Lipinski definition) is 4. The van der Waals surface area contributed by atoms with E-state index >= 15 is 0 Å². The maximum Gasteiger partial charge on any atom is 0.244 e. The summed E-state index contributed by atoms with van der Waals surface area (Å²) in [7, 11) is -3.69. The van der Waals surface area contributed by atoms with Crippen molar-refractivity contribution in [1.29, 1.82) is 0 Å². The van der Waals surface area contributed by atoms with Gasteiger partial charge in [0.05, 0.1) is 0 Å². The smallest absolute Gasteiger partial charge is 0.244 e. The van der Waals surface area contributed by atoms with E-state index in [0.717, 1.165) is 11.1 Å². The molecule has 0 bridgehead atoms. The maximum absolute atomic E-state index is 12.4. The van der Waals surface area contributed by atoms with Gasteiger partial charge in [-0.2, -0.15) is 0 Å². The predicted molar refractivity (Wildman–Crippen MR) is 79.3 cm³/mol. The largest absolute Gasteiger partial charge is 0.462 e. The molecule has 1 aromatic carbocycles. The van der Waals surface area contributed by atoms with Gasteiger partial charge >= 0.3 is 0 Å². The molecule has 1 heterocycles. The highest BCUT2D eigenvalue weighted by Gasteiger charge is 2.23. The first-order valence-electron chi connectivity index (χ1n) is 6.62. The van der Waals surface area contributed by atoms with E-state index in [2.05, 4.69) is 4.72 Å². The molecule has 114 valence electrons. The van der Waals surface area contributed by atoms with E-state index in [1.165, 1.54) is 6.07 Å². The molecule has 1 atom stereocenters. The second kappa shape index (κ2) is 6.01. The molecule has 0 radical (unpaired) electrons. The zero-order valence-corrected chi connectivity index (χ0v) is 13.1. The van der Waals surface area contributed by atoms with Crippen molar-refractivity contribution in [3.8, 4) is 0 Å². The molecule has 0 fully saturated rings. The van der Waals surface area contributed by atoms with Crippen molar-refractivity contribution in [3.63, 3.8) is 0 Å². The van der Waals surface area contributed by atoms with Crippen LogP contribution in [0.3, 0.4) is 0 Å². The third-order valence-corrected chi connectivity index (χ3v) is 4.93. The lowest BCUT2D eigenvalue weighted by Gasteiger charge is -2.14. The first-order valence-corrected chi connectivity index (χ1v) is 8.11. The Morgan fingerprint density at radius 2 is 1.86 bits per heavy atom. The molecular weight excluding hydrogens is 290 g/mol. The van der Waals surface area contributed by atoms with Crippen molar-refractivity contribution in [2.24, 2.45) is 0 Å². The SMILES string of the molecule is Cc1ccc(C(C)NS(=O)(=O)c2cc(CO)oc2C)cc1.